The topological polar surface area (TPSA) is 58.2 Å². The first kappa shape index (κ1) is 16.2. The van der Waals surface area contributed by atoms with Crippen molar-refractivity contribution < 1.29 is 9.59 Å². The standard InChI is InChI=1S/C16H24N2O2/c1-4-8-15(19)18-14(11-12(2)3)16(20)17-13-9-6-5-7-10-13/h5-7,9-10,12,14H,4,8,11H2,1-3H3,(H,17,20)(H,18,19). The molecule has 1 unspecified atom stereocenters. The van der Waals surface area contributed by atoms with Crippen LogP contribution in [0.2, 0.25) is 0 Å². The molecular formula is C16H24N2O2. The monoisotopic (exact) mass is 276 g/mol. The first-order valence-electron chi connectivity index (χ1n) is 7.18. The van der Waals surface area contributed by atoms with Crippen molar-refractivity contribution in [2.75, 3.05) is 5.32 Å². The third-order valence-electron chi connectivity index (χ3n) is 2.88. The van der Waals surface area contributed by atoms with E-state index in [-0.39, 0.29) is 11.8 Å². The van der Waals surface area contributed by atoms with E-state index in [2.05, 4.69) is 10.6 Å². The molecular weight excluding hydrogens is 252 g/mol. The minimum atomic E-state index is -0.478. The van der Waals surface area contributed by atoms with E-state index < -0.39 is 6.04 Å². The van der Waals surface area contributed by atoms with Crippen LogP contribution in [0.4, 0.5) is 5.69 Å². The summed E-state index contributed by atoms with van der Waals surface area (Å²) in [5.41, 5.74) is 0.746. The van der Waals surface area contributed by atoms with Crippen LogP contribution in [0.15, 0.2) is 30.3 Å². The Bertz CT molecular complexity index is 429. The highest BCUT2D eigenvalue weighted by Gasteiger charge is 2.21. The highest BCUT2D eigenvalue weighted by atomic mass is 16.2. The van der Waals surface area contributed by atoms with Gasteiger partial charge in [0.05, 0.1) is 0 Å². The normalized spacial score (nSPS) is 12.0. The lowest BCUT2D eigenvalue weighted by atomic mass is 10.0. The first-order chi connectivity index (χ1) is 9.52. The number of nitrogens with one attached hydrogen (secondary N) is 2. The van der Waals surface area contributed by atoms with E-state index in [1.54, 1.807) is 0 Å². The van der Waals surface area contributed by atoms with Gasteiger partial charge in [0.2, 0.25) is 11.8 Å². The number of carbonyl (C=O) groups excluding carboxylic acids is 2. The predicted octanol–water partition coefficient (Wildman–Crippen LogP) is 2.96. The average Bonchev–Trinajstić information content (AvgIpc) is 2.39. The molecule has 110 valence electrons. The van der Waals surface area contributed by atoms with Crippen LogP contribution in [0.1, 0.15) is 40.0 Å². The molecule has 0 aliphatic carbocycles. The highest BCUT2D eigenvalue weighted by molar-refractivity contribution is 5.97. The molecule has 4 heteroatoms. The third-order valence-corrected chi connectivity index (χ3v) is 2.88. The second-order valence-electron chi connectivity index (χ2n) is 5.35. The third kappa shape index (κ3) is 5.87. The summed E-state index contributed by atoms with van der Waals surface area (Å²) < 4.78 is 0. The Morgan fingerprint density at radius 1 is 1.15 bits per heavy atom. The van der Waals surface area contributed by atoms with Crippen molar-refractivity contribution in [2.45, 2.75) is 46.1 Å². The lowest BCUT2D eigenvalue weighted by Crippen LogP contribution is -2.44. The van der Waals surface area contributed by atoms with Crippen molar-refractivity contribution in [3.05, 3.63) is 30.3 Å². The Morgan fingerprint density at radius 3 is 2.35 bits per heavy atom. The van der Waals surface area contributed by atoms with Crippen LogP contribution in [0, 0.1) is 5.92 Å². The van der Waals surface area contributed by atoms with E-state index in [4.69, 9.17) is 0 Å². The van der Waals surface area contributed by atoms with E-state index in [0.717, 1.165) is 12.1 Å². The van der Waals surface area contributed by atoms with Gasteiger partial charge in [-0.15, -0.1) is 0 Å². The van der Waals surface area contributed by atoms with Crippen LogP contribution in [-0.4, -0.2) is 17.9 Å². The van der Waals surface area contributed by atoms with Crippen LogP contribution in [-0.2, 0) is 9.59 Å². The van der Waals surface area contributed by atoms with Gasteiger partial charge in [0.25, 0.3) is 0 Å². The van der Waals surface area contributed by atoms with Crippen LogP contribution in [0.3, 0.4) is 0 Å². The number of anilines is 1. The summed E-state index contributed by atoms with van der Waals surface area (Å²) in [7, 11) is 0. The summed E-state index contributed by atoms with van der Waals surface area (Å²) in [6.45, 7) is 6.02. The molecule has 4 nitrogen and oxygen atoms in total. The average molecular weight is 276 g/mol. The molecule has 0 bridgehead atoms. The molecule has 0 saturated heterocycles. The molecule has 1 atom stereocenters. The second kappa shape index (κ2) is 8.35. The lowest BCUT2D eigenvalue weighted by Gasteiger charge is -2.20. The van der Waals surface area contributed by atoms with Crippen LogP contribution < -0.4 is 10.6 Å². The molecule has 0 aliphatic heterocycles. The fourth-order valence-corrected chi connectivity index (χ4v) is 1.95. The van der Waals surface area contributed by atoms with Crippen molar-refractivity contribution in [1.29, 1.82) is 0 Å². The molecule has 0 aliphatic rings. The number of hydrogen-bond acceptors (Lipinski definition) is 2. The lowest BCUT2D eigenvalue weighted by molar-refractivity contribution is -0.126. The van der Waals surface area contributed by atoms with E-state index in [9.17, 15) is 9.59 Å². The number of rotatable bonds is 7. The zero-order chi connectivity index (χ0) is 15.0. The fourth-order valence-electron chi connectivity index (χ4n) is 1.95. The van der Waals surface area contributed by atoms with Crippen molar-refractivity contribution in [3.63, 3.8) is 0 Å². The van der Waals surface area contributed by atoms with Gasteiger partial charge in [-0.05, 0) is 30.9 Å². The molecule has 1 rings (SSSR count). The van der Waals surface area contributed by atoms with Gasteiger partial charge in [0.15, 0.2) is 0 Å². The van der Waals surface area contributed by atoms with Crippen molar-refractivity contribution in [1.82, 2.24) is 5.32 Å². The Morgan fingerprint density at radius 2 is 1.80 bits per heavy atom. The first-order valence-corrected chi connectivity index (χ1v) is 7.18. The van der Waals surface area contributed by atoms with Gasteiger partial charge in [-0.1, -0.05) is 39.0 Å². The van der Waals surface area contributed by atoms with Gasteiger partial charge in [-0.25, -0.2) is 0 Å². The van der Waals surface area contributed by atoms with Gasteiger partial charge in [-0.2, -0.15) is 0 Å². The molecule has 2 amide bonds. The highest BCUT2D eigenvalue weighted by Crippen LogP contribution is 2.10. The molecule has 0 radical (unpaired) electrons. The Labute approximate surface area is 121 Å². The van der Waals surface area contributed by atoms with E-state index in [1.165, 1.54) is 0 Å². The maximum absolute atomic E-state index is 12.3. The summed E-state index contributed by atoms with van der Waals surface area (Å²) in [6, 6.07) is 8.81. The summed E-state index contributed by atoms with van der Waals surface area (Å²) in [6.07, 6.45) is 1.86. The Balaban J connectivity index is 2.66. The maximum atomic E-state index is 12.3. The number of amides is 2. The van der Waals surface area contributed by atoms with Gasteiger partial charge < -0.3 is 10.6 Å². The zero-order valence-electron chi connectivity index (χ0n) is 12.5. The minimum Gasteiger partial charge on any atom is -0.344 e. The fraction of sp³-hybridized carbons (Fsp3) is 0.500. The van der Waals surface area contributed by atoms with Gasteiger partial charge >= 0.3 is 0 Å². The number of para-hydroxylation sites is 1. The van der Waals surface area contributed by atoms with Gasteiger partial charge in [0.1, 0.15) is 6.04 Å². The van der Waals surface area contributed by atoms with Gasteiger partial charge in [-0.3, -0.25) is 9.59 Å². The molecule has 1 aromatic carbocycles. The van der Waals surface area contributed by atoms with E-state index in [1.807, 2.05) is 51.1 Å². The van der Waals surface area contributed by atoms with Crippen LogP contribution >= 0.6 is 0 Å². The van der Waals surface area contributed by atoms with E-state index >= 15 is 0 Å². The second-order valence-corrected chi connectivity index (χ2v) is 5.35. The Kier molecular flexibility index (Phi) is 6.77. The minimum absolute atomic E-state index is 0.0682. The molecule has 20 heavy (non-hydrogen) atoms. The molecule has 0 spiro atoms. The molecule has 0 saturated carbocycles. The van der Waals surface area contributed by atoms with Crippen LogP contribution in [0.5, 0.6) is 0 Å². The van der Waals surface area contributed by atoms with Crippen LogP contribution in [0.25, 0.3) is 0 Å². The predicted molar refractivity (Wildman–Crippen MR) is 81.4 cm³/mol. The molecule has 0 heterocycles. The summed E-state index contributed by atoms with van der Waals surface area (Å²) in [5.74, 6) is 0.110. The molecule has 1 aromatic rings. The molecule has 0 aromatic heterocycles. The van der Waals surface area contributed by atoms with E-state index in [0.29, 0.717) is 18.8 Å². The zero-order valence-corrected chi connectivity index (χ0v) is 12.5. The summed E-state index contributed by atoms with van der Waals surface area (Å²) >= 11 is 0. The van der Waals surface area contributed by atoms with Crippen molar-refractivity contribution in [3.8, 4) is 0 Å². The molecule has 2 N–H and O–H groups in total. The Hall–Kier alpha value is -1.84. The van der Waals surface area contributed by atoms with Crippen molar-refractivity contribution >= 4 is 17.5 Å². The van der Waals surface area contributed by atoms with Gasteiger partial charge in [0, 0.05) is 12.1 Å². The quantitative estimate of drug-likeness (QED) is 0.804. The number of carbonyl (C=O) groups is 2. The number of benzene rings is 1. The maximum Gasteiger partial charge on any atom is 0.246 e. The largest absolute Gasteiger partial charge is 0.344 e. The SMILES string of the molecule is CCCC(=O)NC(CC(C)C)C(=O)Nc1ccccc1. The number of hydrogen-bond donors (Lipinski definition) is 2. The molecule has 0 fully saturated rings. The van der Waals surface area contributed by atoms with Crippen molar-refractivity contribution in [2.24, 2.45) is 5.92 Å². The summed E-state index contributed by atoms with van der Waals surface area (Å²) in [4.78, 5) is 24.0. The summed E-state index contributed by atoms with van der Waals surface area (Å²) in [5, 5.41) is 5.66. The smallest absolute Gasteiger partial charge is 0.246 e.